The number of rotatable bonds is 13. The van der Waals surface area contributed by atoms with Crippen LogP contribution in [-0.4, -0.2) is 83.4 Å². The van der Waals surface area contributed by atoms with Gasteiger partial charge < -0.3 is 20.1 Å². The van der Waals surface area contributed by atoms with Crippen molar-refractivity contribution in [2.45, 2.75) is 57.8 Å². The quantitative estimate of drug-likeness (QED) is 0.313. The van der Waals surface area contributed by atoms with E-state index in [1.807, 2.05) is 31.0 Å². The van der Waals surface area contributed by atoms with E-state index in [4.69, 9.17) is 9.47 Å². The van der Waals surface area contributed by atoms with Gasteiger partial charge >= 0.3 is 0 Å². The molecule has 4 rings (SSSR count). The number of nitrogens with zero attached hydrogens (tertiary/aromatic N) is 5. The number of likely N-dealkylation sites (tertiary alicyclic amines) is 1. The van der Waals surface area contributed by atoms with Crippen molar-refractivity contribution < 1.29 is 18.7 Å². The number of hydrogen-bond acceptors (Lipinski definition) is 9. The summed E-state index contributed by atoms with van der Waals surface area (Å²) in [5.74, 6) is 1.55. The smallest absolute Gasteiger partial charge is 0.237 e. The summed E-state index contributed by atoms with van der Waals surface area (Å²) in [6.45, 7) is 3.98. The van der Waals surface area contributed by atoms with E-state index >= 15 is 0 Å². The largest absolute Gasteiger partial charge is 0.490 e. The third kappa shape index (κ3) is 7.57. The second-order valence-corrected chi connectivity index (χ2v) is 9.73. The highest BCUT2D eigenvalue weighted by Gasteiger charge is 2.26. The van der Waals surface area contributed by atoms with Crippen molar-refractivity contribution in [3.8, 4) is 16.9 Å². The molecule has 1 aliphatic heterocycles. The fourth-order valence-corrected chi connectivity index (χ4v) is 4.55. The summed E-state index contributed by atoms with van der Waals surface area (Å²) in [5, 5.41) is 5.77. The number of alkyl halides is 1. The van der Waals surface area contributed by atoms with Crippen LogP contribution in [0.5, 0.6) is 5.75 Å². The Kier molecular flexibility index (Phi) is 10.3. The van der Waals surface area contributed by atoms with E-state index < -0.39 is 6.17 Å². The predicted molar refractivity (Wildman–Crippen MR) is 148 cm³/mol. The normalized spacial score (nSPS) is 16.7. The molecular weight excluding hydrogens is 501 g/mol. The summed E-state index contributed by atoms with van der Waals surface area (Å²) in [4.78, 5) is 32.5. The number of piperidine rings is 1. The number of halogens is 1. The molecule has 0 spiro atoms. The summed E-state index contributed by atoms with van der Waals surface area (Å²) in [6.07, 6.45) is 7.78. The van der Waals surface area contributed by atoms with Gasteiger partial charge in [-0.3, -0.25) is 14.7 Å². The average Bonchev–Trinajstić information content (AvgIpc) is 2.96. The van der Waals surface area contributed by atoms with Crippen LogP contribution in [0.2, 0.25) is 0 Å². The van der Waals surface area contributed by atoms with Crippen LogP contribution in [-0.2, 0) is 16.1 Å². The Labute approximate surface area is 228 Å². The van der Waals surface area contributed by atoms with Gasteiger partial charge in [0, 0.05) is 50.1 Å². The SMILES string of the molecule is CCCOCc1ncc(-c2ccc3ncc(NC)nc3c2OCCC(F)CNC(=O)[C@@H]2CCCCN2C)cn1. The Bertz CT molecular complexity index is 1230. The van der Waals surface area contributed by atoms with Gasteiger partial charge in [-0.2, -0.15) is 0 Å². The van der Waals surface area contributed by atoms with Crippen molar-refractivity contribution in [2.75, 3.05) is 45.7 Å². The third-order valence-corrected chi connectivity index (χ3v) is 6.77. The van der Waals surface area contributed by atoms with Gasteiger partial charge in [0.25, 0.3) is 0 Å². The van der Waals surface area contributed by atoms with E-state index in [-0.39, 0.29) is 31.5 Å². The summed E-state index contributed by atoms with van der Waals surface area (Å²) >= 11 is 0. The number of amides is 1. The molecule has 1 fully saturated rings. The fraction of sp³-hybridized carbons (Fsp3) is 0.536. The van der Waals surface area contributed by atoms with E-state index in [0.717, 1.165) is 43.4 Å². The minimum absolute atomic E-state index is 0.0476. The summed E-state index contributed by atoms with van der Waals surface area (Å²) in [6, 6.07) is 3.55. The Morgan fingerprint density at radius 1 is 1.18 bits per heavy atom. The van der Waals surface area contributed by atoms with Crippen molar-refractivity contribution in [1.82, 2.24) is 30.2 Å². The lowest BCUT2D eigenvalue weighted by Gasteiger charge is -2.31. The van der Waals surface area contributed by atoms with Crippen LogP contribution in [0.1, 0.15) is 44.9 Å². The Balaban J connectivity index is 1.45. The zero-order valence-electron chi connectivity index (χ0n) is 23.0. The number of carbonyl (C=O) groups is 1. The van der Waals surface area contributed by atoms with Gasteiger partial charge in [-0.05, 0) is 45.0 Å². The van der Waals surface area contributed by atoms with Crippen molar-refractivity contribution in [3.05, 3.63) is 36.5 Å². The number of fused-ring (bicyclic) bond motifs is 1. The van der Waals surface area contributed by atoms with Crippen LogP contribution < -0.4 is 15.4 Å². The van der Waals surface area contributed by atoms with Crippen LogP contribution in [0.25, 0.3) is 22.2 Å². The van der Waals surface area contributed by atoms with Crippen LogP contribution >= 0.6 is 0 Å². The summed E-state index contributed by atoms with van der Waals surface area (Å²) in [5.41, 5.74) is 2.68. The molecule has 2 aromatic heterocycles. The maximum absolute atomic E-state index is 14.8. The Morgan fingerprint density at radius 3 is 2.74 bits per heavy atom. The lowest BCUT2D eigenvalue weighted by Crippen LogP contribution is -2.48. The van der Waals surface area contributed by atoms with Crippen molar-refractivity contribution in [2.24, 2.45) is 0 Å². The van der Waals surface area contributed by atoms with Gasteiger partial charge in [-0.15, -0.1) is 0 Å². The zero-order chi connectivity index (χ0) is 27.6. The number of likely N-dealkylation sites (N-methyl/N-ethyl adjacent to an activating group) is 1. The molecule has 2 N–H and O–H groups in total. The fourth-order valence-electron chi connectivity index (χ4n) is 4.55. The highest BCUT2D eigenvalue weighted by Crippen LogP contribution is 2.35. The molecule has 210 valence electrons. The lowest BCUT2D eigenvalue weighted by molar-refractivity contribution is -0.127. The number of carbonyl (C=O) groups excluding carboxylic acids is 1. The van der Waals surface area contributed by atoms with Gasteiger partial charge in [0.1, 0.15) is 24.1 Å². The zero-order valence-corrected chi connectivity index (χ0v) is 23.0. The molecule has 3 aromatic rings. The molecule has 0 radical (unpaired) electrons. The Hall–Kier alpha value is -3.44. The van der Waals surface area contributed by atoms with Crippen LogP contribution in [0.15, 0.2) is 30.7 Å². The van der Waals surface area contributed by atoms with Crippen LogP contribution in [0.3, 0.4) is 0 Å². The number of anilines is 1. The minimum atomic E-state index is -1.24. The first kappa shape index (κ1) is 28.6. The first-order chi connectivity index (χ1) is 19.0. The molecule has 1 unspecified atom stereocenters. The molecule has 1 aliphatic rings. The first-order valence-corrected chi connectivity index (χ1v) is 13.6. The first-order valence-electron chi connectivity index (χ1n) is 13.6. The number of hydrogen-bond donors (Lipinski definition) is 2. The van der Waals surface area contributed by atoms with Gasteiger partial charge in [0.15, 0.2) is 11.6 Å². The number of nitrogens with one attached hydrogen (secondary N) is 2. The van der Waals surface area contributed by atoms with Gasteiger partial charge in [0.2, 0.25) is 5.91 Å². The average molecular weight is 540 g/mol. The highest BCUT2D eigenvalue weighted by atomic mass is 19.1. The van der Waals surface area contributed by atoms with Crippen molar-refractivity contribution in [1.29, 1.82) is 0 Å². The number of benzene rings is 1. The topological polar surface area (TPSA) is 114 Å². The van der Waals surface area contributed by atoms with E-state index in [9.17, 15) is 9.18 Å². The molecule has 0 bridgehead atoms. The molecular formula is C28H38FN7O3. The standard InChI is InChI=1S/C28H38FN7O3/c1-4-12-38-18-25-32-14-19(15-33-25)21-8-9-22-26(35-24(30-2)17-31-22)27(21)39-13-10-20(29)16-34-28(37)23-7-5-6-11-36(23)3/h8-9,14-15,17,20,23H,4-7,10-13,16,18H2,1-3H3,(H,30,35)(H,34,37)/t20?,23-/m0/s1. The minimum Gasteiger partial charge on any atom is -0.490 e. The van der Waals surface area contributed by atoms with Crippen LogP contribution in [0, 0.1) is 0 Å². The predicted octanol–water partition coefficient (Wildman–Crippen LogP) is 3.76. The van der Waals surface area contributed by atoms with Gasteiger partial charge in [-0.25, -0.2) is 19.3 Å². The number of aromatic nitrogens is 4. The monoisotopic (exact) mass is 539 g/mol. The second kappa shape index (κ2) is 14.1. The molecule has 10 nitrogen and oxygen atoms in total. The molecule has 1 aromatic carbocycles. The van der Waals surface area contributed by atoms with Crippen molar-refractivity contribution in [3.63, 3.8) is 0 Å². The van der Waals surface area contributed by atoms with Gasteiger partial charge in [0.05, 0.1) is 24.4 Å². The lowest BCUT2D eigenvalue weighted by atomic mass is 10.0. The maximum Gasteiger partial charge on any atom is 0.237 e. The molecule has 1 saturated heterocycles. The van der Waals surface area contributed by atoms with Crippen molar-refractivity contribution >= 4 is 22.8 Å². The second-order valence-electron chi connectivity index (χ2n) is 9.73. The summed E-state index contributed by atoms with van der Waals surface area (Å²) in [7, 11) is 3.70. The van der Waals surface area contributed by atoms with Crippen LogP contribution in [0.4, 0.5) is 10.2 Å². The molecule has 0 aliphatic carbocycles. The van der Waals surface area contributed by atoms with E-state index in [1.165, 1.54) is 0 Å². The molecule has 39 heavy (non-hydrogen) atoms. The van der Waals surface area contributed by atoms with Gasteiger partial charge in [-0.1, -0.05) is 13.3 Å². The van der Waals surface area contributed by atoms with E-state index in [0.29, 0.717) is 41.6 Å². The molecule has 2 atom stereocenters. The third-order valence-electron chi connectivity index (χ3n) is 6.77. The molecule has 3 heterocycles. The number of ether oxygens (including phenoxy) is 2. The van der Waals surface area contributed by atoms with E-state index in [1.54, 1.807) is 25.6 Å². The van der Waals surface area contributed by atoms with E-state index in [2.05, 4.69) is 30.6 Å². The molecule has 11 heteroatoms. The summed E-state index contributed by atoms with van der Waals surface area (Å²) < 4.78 is 26.5. The molecule has 1 amide bonds. The highest BCUT2D eigenvalue weighted by molar-refractivity contribution is 5.90. The Morgan fingerprint density at radius 2 is 2.00 bits per heavy atom. The molecule has 0 saturated carbocycles. The maximum atomic E-state index is 14.8.